The van der Waals surface area contributed by atoms with E-state index in [1.807, 2.05) is 54.6 Å². The van der Waals surface area contributed by atoms with E-state index in [4.69, 9.17) is 5.73 Å². The Hall–Kier alpha value is -2.13. The first-order chi connectivity index (χ1) is 9.22. The van der Waals surface area contributed by atoms with Gasteiger partial charge in [-0.25, -0.2) is 0 Å². The van der Waals surface area contributed by atoms with E-state index in [2.05, 4.69) is 4.74 Å². The minimum atomic E-state index is -0.630. The first-order valence-electron chi connectivity index (χ1n) is 6.19. The van der Waals surface area contributed by atoms with Gasteiger partial charge in [0, 0.05) is 0 Å². The molecule has 0 aliphatic rings. The Kier molecular flexibility index (Phi) is 4.31. The SMILES string of the molecule is COC(=O)C(N)Cc1ccccc1-c1ccccc1. The van der Waals surface area contributed by atoms with E-state index in [-0.39, 0.29) is 5.97 Å². The second kappa shape index (κ2) is 6.16. The molecule has 19 heavy (non-hydrogen) atoms. The van der Waals surface area contributed by atoms with Gasteiger partial charge in [0.2, 0.25) is 0 Å². The van der Waals surface area contributed by atoms with Crippen molar-refractivity contribution in [2.24, 2.45) is 5.73 Å². The zero-order chi connectivity index (χ0) is 13.7. The highest BCUT2D eigenvalue weighted by molar-refractivity contribution is 5.77. The van der Waals surface area contributed by atoms with Crippen LogP contribution in [-0.4, -0.2) is 19.1 Å². The normalized spacial score (nSPS) is 11.9. The molecule has 0 heterocycles. The van der Waals surface area contributed by atoms with Crippen molar-refractivity contribution >= 4 is 5.97 Å². The van der Waals surface area contributed by atoms with Gasteiger partial charge >= 0.3 is 5.97 Å². The Balaban J connectivity index is 2.30. The van der Waals surface area contributed by atoms with Gasteiger partial charge in [0.1, 0.15) is 6.04 Å². The molecule has 2 aromatic rings. The number of ether oxygens (including phenoxy) is 1. The summed E-state index contributed by atoms with van der Waals surface area (Å²) in [4.78, 5) is 11.4. The van der Waals surface area contributed by atoms with Crippen LogP contribution in [0, 0.1) is 0 Å². The van der Waals surface area contributed by atoms with Crippen LogP contribution in [0.25, 0.3) is 11.1 Å². The number of esters is 1. The van der Waals surface area contributed by atoms with Crippen molar-refractivity contribution in [2.45, 2.75) is 12.5 Å². The Labute approximate surface area is 113 Å². The van der Waals surface area contributed by atoms with Crippen LogP contribution in [0.1, 0.15) is 5.56 Å². The second-order valence-corrected chi connectivity index (χ2v) is 4.36. The first-order valence-corrected chi connectivity index (χ1v) is 6.19. The summed E-state index contributed by atoms with van der Waals surface area (Å²) in [6.45, 7) is 0. The fourth-order valence-electron chi connectivity index (χ4n) is 2.07. The average molecular weight is 255 g/mol. The van der Waals surface area contributed by atoms with E-state index < -0.39 is 6.04 Å². The van der Waals surface area contributed by atoms with Crippen LogP contribution in [0.4, 0.5) is 0 Å². The van der Waals surface area contributed by atoms with Crippen LogP contribution in [0.15, 0.2) is 54.6 Å². The van der Waals surface area contributed by atoms with Crippen molar-refractivity contribution in [3.63, 3.8) is 0 Å². The molecule has 1 atom stereocenters. The third kappa shape index (κ3) is 3.20. The molecule has 1 unspecified atom stereocenters. The summed E-state index contributed by atoms with van der Waals surface area (Å²) in [5, 5.41) is 0. The zero-order valence-corrected chi connectivity index (χ0v) is 10.9. The number of rotatable bonds is 4. The fourth-order valence-corrected chi connectivity index (χ4v) is 2.07. The van der Waals surface area contributed by atoms with Crippen LogP contribution in [0.5, 0.6) is 0 Å². The van der Waals surface area contributed by atoms with Gasteiger partial charge in [-0.1, -0.05) is 54.6 Å². The van der Waals surface area contributed by atoms with Crippen molar-refractivity contribution in [3.8, 4) is 11.1 Å². The van der Waals surface area contributed by atoms with Crippen molar-refractivity contribution < 1.29 is 9.53 Å². The molecule has 0 radical (unpaired) electrons. The van der Waals surface area contributed by atoms with Crippen molar-refractivity contribution in [2.75, 3.05) is 7.11 Å². The van der Waals surface area contributed by atoms with Gasteiger partial charge < -0.3 is 10.5 Å². The first kappa shape index (κ1) is 13.3. The maximum Gasteiger partial charge on any atom is 0.322 e. The maximum absolute atomic E-state index is 11.4. The summed E-state index contributed by atoms with van der Waals surface area (Å²) in [5.41, 5.74) is 9.10. The number of hydrogen-bond acceptors (Lipinski definition) is 3. The number of nitrogens with two attached hydrogens (primary N) is 1. The van der Waals surface area contributed by atoms with E-state index in [1.54, 1.807) is 0 Å². The number of carbonyl (C=O) groups is 1. The van der Waals surface area contributed by atoms with Gasteiger partial charge in [-0.15, -0.1) is 0 Å². The van der Waals surface area contributed by atoms with Crippen LogP contribution in [0.3, 0.4) is 0 Å². The van der Waals surface area contributed by atoms with Gasteiger partial charge in [-0.3, -0.25) is 4.79 Å². The second-order valence-electron chi connectivity index (χ2n) is 4.36. The fraction of sp³-hybridized carbons (Fsp3) is 0.188. The quantitative estimate of drug-likeness (QED) is 0.853. The molecule has 3 heteroatoms. The number of methoxy groups -OCH3 is 1. The molecule has 2 N–H and O–H groups in total. The third-order valence-corrected chi connectivity index (χ3v) is 3.05. The summed E-state index contributed by atoms with van der Waals surface area (Å²) >= 11 is 0. The number of benzene rings is 2. The lowest BCUT2D eigenvalue weighted by molar-refractivity contribution is -0.142. The molecule has 0 amide bonds. The van der Waals surface area contributed by atoms with Crippen molar-refractivity contribution in [1.82, 2.24) is 0 Å². The maximum atomic E-state index is 11.4. The third-order valence-electron chi connectivity index (χ3n) is 3.05. The topological polar surface area (TPSA) is 52.3 Å². The predicted octanol–water partition coefficient (Wildman–Crippen LogP) is 2.40. The highest BCUT2D eigenvalue weighted by Gasteiger charge is 2.16. The Morgan fingerprint density at radius 2 is 1.74 bits per heavy atom. The molecule has 0 aliphatic carbocycles. The largest absolute Gasteiger partial charge is 0.468 e. The van der Waals surface area contributed by atoms with E-state index in [0.717, 1.165) is 16.7 Å². The Bertz CT molecular complexity index is 552. The number of carbonyl (C=O) groups excluding carboxylic acids is 1. The van der Waals surface area contributed by atoms with Gasteiger partial charge in [-0.05, 0) is 23.1 Å². The average Bonchev–Trinajstić information content (AvgIpc) is 2.47. The van der Waals surface area contributed by atoms with E-state index in [9.17, 15) is 4.79 Å². The molecule has 0 spiro atoms. The molecule has 0 bridgehead atoms. The highest BCUT2D eigenvalue weighted by atomic mass is 16.5. The lowest BCUT2D eigenvalue weighted by atomic mass is 9.95. The van der Waals surface area contributed by atoms with Crippen LogP contribution < -0.4 is 5.73 Å². The van der Waals surface area contributed by atoms with Gasteiger partial charge in [-0.2, -0.15) is 0 Å². The molecule has 98 valence electrons. The Morgan fingerprint density at radius 1 is 1.11 bits per heavy atom. The standard InChI is InChI=1S/C16H17NO2/c1-19-16(18)15(17)11-13-9-5-6-10-14(13)12-7-3-2-4-8-12/h2-10,15H,11,17H2,1H3. The molecule has 0 aromatic heterocycles. The lowest BCUT2D eigenvalue weighted by Gasteiger charge is -2.13. The van der Waals surface area contributed by atoms with Crippen molar-refractivity contribution in [3.05, 3.63) is 60.2 Å². The molecule has 2 rings (SSSR count). The van der Waals surface area contributed by atoms with E-state index in [1.165, 1.54) is 7.11 Å². The summed E-state index contributed by atoms with van der Waals surface area (Å²) in [5.74, 6) is -0.386. The summed E-state index contributed by atoms with van der Waals surface area (Å²) in [6.07, 6.45) is 0.470. The monoisotopic (exact) mass is 255 g/mol. The minimum absolute atomic E-state index is 0.386. The van der Waals surface area contributed by atoms with Gasteiger partial charge in [0.05, 0.1) is 7.11 Å². The van der Waals surface area contributed by atoms with E-state index >= 15 is 0 Å². The molecule has 0 saturated heterocycles. The lowest BCUT2D eigenvalue weighted by Crippen LogP contribution is -2.33. The highest BCUT2D eigenvalue weighted by Crippen LogP contribution is 2.24. The van der Waals surface area contributed by atoms with Crippen LogP contribution in [0.2, 0.25) is 0 Å². The molecule has 0 aliphatic heterocycles. The van der Waals surface area contributed by atoms with Crippen LogP contribution in [-0.2, 0) is 16.0 Å². The molecular weight excluding hydrogens is 238 g/mol. The minimum Gasteiger partial charge on any atom is -0.468 e. The Morgan fingerprint density at radius 3 is 2.42 bits per heavy atom. The van der Waals surface area contributed by atoms with Gasteiger partial charge in [0.25, 0.3) is 0 Å². The molecule has 3 nitrogen and oxygen atoms in total. The van der Waals surface area contributed by atoms with E-state index in [0.29, 0.717) is 6.42 Å². The van der Waals surface area contributed by atoms with Crippen LogP contribution >= 0.6 is 0 Å². The summed E-state index contributed by atoms with van der Waals surface area (Å²) in [7, 11) is 1.35. The zero-order valence-electron chi connectivity index (χ0n) is 10.9. The summed E-state index contributed by atoms with van der Waals surface area (Å²) in [6, 6.07) is 17.4. The molecule has 0 saturated carbocycles. The van der Waals surface area contributed by atoms with Crippen molar-refractivity contribution in [1.29, 1.82) is 0 Å². The molecule has 2 aromatic carbocycles. The molecular formula is C16H17NO2. The summed E-state index contributed by atoms with van der Waals surface area (Å²) < 4.78 is 4.67. The predicted molar refractivity (Wildman–Crippen MR) is 75.6 cm³/mol. The van der Waals surface area contributed by atoms with Gasteiger partial charge in [0.15, 0.2) is 0 Å². The smallest absolute Gasteiger partial charge is 0.322 e. The molecule has 0 fully saturated rings. The number of hydrogen-bond donors (Lipinski definition) is 1.